The number of aryl methyl sites for hydroxylation is 1. The molecule has 0 atom stereocenters. The van der Waals surface area contributed by atoms with Crippen LogP contribution in [0.5, 0.6) is 0 Å². The summed E-state index contributed by atoms with van der Waals surface area (Å²) in [7, 11) is 1.54. The summed E-state index contributed by atoms with van der Waals surface area (Å²) in [6.07, 6.45) is 1.39. The van der Waals surface area contributed by atoms with Gasteiger partial charge in [0, 0.05) is 23.3 Å². The molecule has 8 heteroatoms. The number of rotatable bonds is 5. The molecule has 1 aromatic carbocycles. The molecule has 0 radical (unpaired) electrons. The van der Waals surface area contributed by atoms with Crippen molar-refractivity contribution in [2.45, 2.75) is 6.92 Å². The number of nitrogens with one attached hydrogen (secondary N) is 2. The fourth-order valence-corrected chi connectivity index (χ4v) is 2.60. The number of anilines is 2. The Bertz CT molecular complexity index is 918. The van der Waals surface area contributed by atoms with Crippen LogP contribution < -0.4 is 16.2 Å². The van der Waals surface area contributed by atoms with E-state index < -0.39 is 11.7 Å². The molecule has 130 valence electrons. The molecule has 2 aromatic rings. The summed E-state index contributed by atoms with van der Waals surface area (Å²) < 4.78 is 16.0. The van der Waals surface area contributed by atoms with E-state index in [0.29, 0.717) is 10.0 Å². The average Bonchev–Trinajstić information content (AvgIpc) is 2.57. The first-order valence-electron chi connectivity index (χ1n) is 7.39. The van der Waals surface area contributed by atoms with Crippen LogP contribution in [-0.2, 0) is 7.05 Å². The van der Waals surface area contributed by atoms with Gasteiger partial charge < -0.3 is 20.0 Å². The second kappa shape index (κ2) is 7.94. The molecule has 1 heterocycles. The third kappa shape index (κ3) is 4.25. The minimum Gasteiger partial charge on any atom is -0.352 e. The Morgan fingerprint density at radius 3 is 2.80 bits per heavy atom. The molecule has 0 saturated heterocycles. The van der Waals surface area contributed by atoms with E-state index in [1.165, 1.54) is 29.9 Å². The number of carbonyl (C=O) groups excluding carboxylic acids is 1. The lowest BCUT2D eigenvalue weighted by Crippen LogP contribution is -2.30. The van der Waals surface area contributed by atoms with Crippen molar-refractivity contribution < 1.29 is 9.18 Å². The van der Waals surface area contributed by atoms with Crippen molar-refractivity contribution in [2.75, 3.05) is 18.4 Å². The molecule has 0 aliphatic rings. The van der Waals surface area contributed by atoms with Gasteiger partial charge in [0.2, 0.25) is 6.54 Å². The first kappa shape index (κ1) is 18.7. The number of aromatic nitrogens is 1. The number of pyridine rings is 1. The highest BCUT2D eigenvalue weighted by Crippen LogP contribution is 2.26. The van der Waals surface area contributed by atoms with Gasteiger partial charge >= 0.3 is 0 Å². The normalized spacial score (nSPS) is 10.2. The highest BCUT2D eigenvalue weighted by molar-refractivity contribution is 9.10. The largest absolute Gasteiger partial charge is 0.352 e. The standard InChI is InChI=1S/C17H16BrFN4O2/c1-10-15(22-14-5-4-11(18)8-13(14)19)12(9-23(3)17(10)25)16(24)21-7-6-20-2/h4-5,8-9,22H,6-7H2,1,3H3,(H,21,24). The summed E-state index contributed by atoms with van der Waals surface area (Å²) in [5.74, 6) is -0.962. The summed E-state index contributed by atoms with van der Waals surface area (Å²) >= 11 is 3.18. The maximum atomic E-state index is 14.1. The molecule has 0 bridgehead atoms. The monoisotopic (exact) mass is 406 g/mol. The van der Waals surface area contributed by atoms with Crippen LogP contribution >= 0.6 is 15.9 Å². The van der Waals surface area contributed by atoms with Gasteiger partial charge in [-0.25, -0.2) is 11.0 Å². The van der Waals surface area contributed by atoms with Gasteiger partial charge in [-0.1, -0.05) is 15.9 Å². The number of hydrogen-bond donors (Lipinski definition) is 2. The van der Waals surface area contributed by atoms with E-state index in [-0.39, 0.29) is 35.6 Å². The quantitative estimate of drug-likeness (QED) is 0.592. The molecule has 2 rings (SSSR count). The van der Waals surface area contributed by atoms with Gasteiger partial charge in [0.05, 0.1) is 23.5 Å². The molecule has 1 amide bonds. The Kier molecular flexibility index (Phi) is 5.93. The fraction of sp³-hybridized carbons (Fsp3) is 0.235. The zero-order valence-corrected chi connectivity index (χ0v) is 15.3. The van der Waals surface area contributed by atoms with Gasteiger partial charge in [-0.05, 0) is 25.1 Å². The number of hydrogen-bond acceptors (Lipinski definition) is 3. The predicted octanol–water partition coefficient (Wildman–Crippen LogP) is 2.99. The van der Waals surface area contributed by atoms with E-state index in [1.54, 1.807) is 13.0 Å². The van der Waals surface area contributed by atoms with Crippen LogP contribution in [0, 0.1) is 19.3 Å². The van der Waals surface area contributed by atoms with Crippen molar-refractivity contribution in [3.63, 3.8) is 0 Å². The van der Waals surface area contributed by atoms with E-state index in [4.69, 9.17) is 6.57 Å². The van der Waals surface area contributed by atoms with Crippen molar-refractivity contribution in [3.05, 3.63) is 67.6 Å². The van der Waals surface area contributed by atoms with Crippen molar-refractivity contribution in [1.29, 1.82) is 0 Å². The molecule has 0 saturated carbocycles. The number of nitrogens with zero attached hydrogens (tertiary/aromatic N) is 2. The SMILES string of the molecule is [C-]#[N+]CCNC(=O)c1cn(C)c(=O)c(C)c1Nc1ccc(Br)cc1F. The van der Waals surface area contributed by atoms with Crippen LogP contribution in [0.15, 0.2) is 33.7 Å². The summed E-state index contributed by atoms with van der Waals surface area (Å²) in [6.45, 7) is 8.66. The highest BCUT2D eigenvalue weighted by Gasteiger charge is 2.18. The van der Waals surface area contributed by atoms with Gasteiger partial charge in [0.1, 0.15) is 5.82 Å². The van der Waals surface area contributed by atoms with Gasteiger partial charge in [-0.3, -0.25) is 9.59 Å². The molecule has 0 unspecified atom stereocenters. The average molecular weight is 407 g/mol. The minimum absolute atomic E-state index is 0.148. The molecule has 25 heavy (non-hydrogen) atoms. The zero-order chi connectivity index (χ0) is 18.6. The predicted molar refractivity (Wildman–Crippen MR) is 97.6 cm³/mol. The fourth-order valence-electron chi connectivity index (χ4n) is 2.27. The van der Waals surface area contributed by atoms with E-state index in [2.05, 4.69) is 31.4 Å². The molecule has 0 spiro atoms. The second-order valence-electron chi connectivity index (χ2n) is 5.35. The summed E-state index contributed by atoms with van der Waals surface area (Å²) in [5, 5.41) is 5.46. The first-order chi connectivity index (χ1) is 11.8. The van der Waals surface area contributed by atoms with Crippen LogP contribution in [0.3, 0.4) is 0 Å². The Labute approximate surface area is 152 Å². The minimum atomic E-state index is -0.520. The Hall–Kier alpha value is -2.66. The Morgan fingerprint density at radius 1 is 1.44 bits per heavy atom. The summed E-state index contributed by atoms with van der Waals surface area (Å²) in [4.78, 5) is 27.8. The van der Waals surface area contributed by atoms with Gasteiger partial charge in [0.25, 0.3) is 11.5 Å². The lowest BCUT2D eigenvalue weighted by Gasteiger charge is -2.16. The summed E-state index contributed by atoms with van der Waals surface area (Å²) in [5.41, 5.74) is 0.590. The van der Waals surface area contributed by atoms with Crippen LogP contribution in [-0.4, -0.2) is 23.6 Å². The van der Waals surface area contributed by atoms with Crippen LogP contribution in [0.2, 0.25) is 0 Å². The van der Waals surface area contributed by atoms with E-state index in [9.17, 15) is 14.0 Å². The van der Waals surface area contributed by atoms with Gasteiger partial charge in [-0.15, -0.1) is 0 Å². The molecule has 0 fully saturated rings. The molecular formula is C17H16BrFN4O2. The lowest BCUT2D eigenvalue weighted by atomic mass is 10.1. The van der Waals surface area contributed by atoms with Crippen LogP contribution in [0.4, 0.5) is 15.8 Å². The van der Waals surface area contributed by atoms with Crippen molar-refractivity contribution in [2.24, 2.45) is 7.05 Å². The van der Waals surface area contributed by atoms with Crippen molar-refractivity contribution in [3.8, 4) is 0 Å². The molecule has 0 aliphatic heterocycles. The first-order valence-corrected chi connectivity index (χ1v) is 8.18. The van der Waals surface area contributed by atoms with Crippen LogP contribution in [0.25, 0.3) is 4.85 Å². The van der Waals surface area contributed by atoms with Crippen molar-refractivity contribution >= 4 is 33.2 Å². The van der Waals surface area contributed by atoms with Gasteiger partial charge in [0.15, 0.2) is 0 Å². The Morgan fingerprint density at radius 2 is 2.16 bits per heavy atom. The zero-order valence-electron chi connectivity index (χ0n) is 13.7. The molecular weight excluding hydrogens is 391 g/mol. The Balaban J connectivity index is 2.48. The van der Waals surface area contributed by atoms with Crippen LogP contribution in [0.1, 0.15) is 15.9 Å². The molecule has 2 N–H and O–H groups in total. The third-order valence-corrected chi connectivity index (χ3v) is 4.05. The number of carbonyl (C=O) groups is 1. The maximum absolute atomic E-state index is 14.1. The topological polar surface area (TPSA) is 67.5 Å². The van der Waals surface area contributed by atoms with Gasteiger partial charge in [-0.2, -0.15) is 0 Å². The third-order valence-electron chi connectivity index (χ3n) is 3.55. The maximum Gasteiger partial charge on any atom is 0.255 e. The highest BCUT2D eigenvalue weighted by atomic mass is 79.9. The number of amides is 1. The second-order valence-corrected chi connectivity index (χ2v) is 6.26. The molecule has 0 aliphatic carbocycles. The van der Waals surface area contributed by atoms with E-state index >= 15 is 0 Å². The number of benzene rings is 1. The molecule has 6 nitrogen and oxygen atoms in total. The smallest absolute Gasteiger partial charge is 0.255 e. The van der Waals surface area contributed by atoms with Crippen molar-refractivity contribution in [1.82, 2.24) is 9.88 Å². The lowest BCUT2D eigenvalue weighted by molar-refractivity contribution is 0.0955. The summed E-state index contributed by atoms with van der Waals surface area (Å²) in [6, 6.07) is 4.45. The van der Waals surface area contributed by atoms with E-state index in [1.807, 2.05) is 0 Å². The van der Waals surface area contributed by atoms with E-state index in [0.717, 1.165) is 0 Å². The molecule has 1 aromatic heterocycles. The number of halogens is 2.